The van der Waals surface area contributed by atoms with Crippen molar-refractivity contribution in [1.29, 1.82) is 0 Å². The Hall–Kier alpha value is -2.33. The quantitative estimate of drug-likeness (QED) is 0.867. The minimum atomic E-state index is 0.0904. The van der Waals surface area contributed by atoms with E-state index in [9.17, 15) is 4.79 Å². The maximum Gasteiger partial charge on any atom is 0.254 e. The van der Waals surface area contributed by atoms with Crippen LogP contribution in [0.1, 0.15) is 21.5 Å². The van der Waals surface area contributed by atoms with E-state index in [4.69, 9.17) is 4.74 Å². The molecule has 0 N–H and O–H groups in total. The third-order valence-corrected chi connectivity index (χ3v) is 4.56. The van der Waals surface area contributed by atoms with E-state index in [-0.39, 0.29) is 5.91 Å². The highest BCUT2D eigenvalue weighted by Gasteiger charge is 2.22. The molecule has 1 fully saturated rings. The lowest BCUT2D eigenvalue weighted by Crippen LogP contribution is -2.48. The van der Waals surface area contributed by atoms with E-state index in [1.54, 1.807) is 7.11 Å². The van der Waals surface area contributed by atoms with Gasteiger partial charge < -0.3 is 9.64 Å². The first kappa shape index (κ1) is 16.5. The first-order valence-electron chi connectivity index (χ1n) is 8.37. The van der Waals surface area contributed by atoms with E-state index in [1.165, 1.54) is 5.56 Å². The van der Waals surface area contributed by atoms with Crippen LogP contribution in [0.3, 0.4) is 0 Å². The van der Waals surface area contributed by atoms with Gasteiger partial charge in [0.15, 0.2) is 0 Å². The number of carbonyl (C=O) groups excluding carboxylic acids is 1. The number of piperazine rings is 1. The van der Waals surface area contributed by atoms with Gasteiger partial charge in [0.25, 0.3) is 5.91 Å². The molecule has 2 aromatic rings. The topological polar surface area (TPSA) is 32.8 Å². The molecular weight excluding hydrogens is 300 g/mol. The van der Waals surface area contributed by atoms with Crippen molar-refractivity contribution in [2.75, 3.05) is 33.3 Å². The fourth-order valence-corrected chi connectivity index (χ4v) is 3.09. The van der Waals surface area contributed by atoms with Crippen molar-refractivity contribution in [3.8, 4) is 5.75 Å². The summed E-state index contributed by atoms with van der Waals surface area (Å²) >= 11 is 0. The van der Waals surface area contributed by atoms with Gasteiger partial charge in [0.1, 0.15) is 5.75 Å². The van der Waals surface area contributed by atoms with Crippen LogP contribution >= 0.6 is 0 Å². The van der Waals surface area contributed by atoms with Crippen molar-refractivity contribution in [1.82, 2.24) is 9.80 Å². The maximum atomic E-state index is 12.7. The van der Waals surface area contributed by atoms with Gasteiger partial charge in [-0.15, -0.1) is 0 Å². The highest BCUT2D eigenvalue weighted by molar-refractivity contribution is 5.94. The minimum Gasteiger partial charge on any atom is -0.496 e. The van der Waals surface area contributed by atoms with Gasteiger partial charge in [0, 0.05) is 38.3 Å². The second-order valence-electron chi connectivity index (χ2n) is 6.24. The van der Waals surface area contributed by atoms with Crippen molar-refractivity contribution in [2.45, 2.75) is 13.5 Å². The molecule has 3 rings (SSSR count). The molecule has 0 saturated carbocycles. The second-order valence-corrected chi connectivity index (χ2v) is 6.24. The fourth-order valence-electron chi connectivity index (χ4n) is 3.09. The van der Waals surface area contributed by atoms with E-state index in [0.29, 0.717) is 5.56 Å². The van der Waals surface area contributed by atoms with Gasteiger partial charge in [-0.3, -0.25) is 9.69 Å². The molecule has 1 heterocycles. The number of methoxy groups -OCH3 is 1. The highest BCUT2D eigenvalue weighted by atomic mass is 16.5. The number of benzene rings is 2. The standard InChI is InChI=1S/C20H24N2O2/c1-16-8-9-18(14-19(16)24-2)20(23)22-12-10-21(11-13-22)15-17-6-4-3-5-7-17/h3-9,14H,10-13,15H2,1-2H3. The van der Waals surface area contributed by atoms with Crippen molar-refractivity contribution in [3.63, 3.8) is 0 Å². The third-order valence-electron chi connectivity index (χ3n) is 4.56. The molecule has 0 unspecified atom stereocenters. The van der Waals surface area contributed by atoms with Gasteiger partial charge in [-0.05, 0) is 30.2 Å². The van der Waals surface area contributed by atoms with Gasteiger partial charge in [-0.2, -0.15) is 0 Å². The van der Waals surface area contributed by atoms with E-state index in [0.717, 1.165) is 44.0 Å². The SMILES string of the molecule is COc1cc(C(=O)N2CCN(Cc3ccccc3)CC2)ccc1C. The molecule has 4 nitrogen and oxygen atoms in total. The van der Waals surface area contributed by atoms with Crippen molar-refractivity contribution in [3.05, 3.63) is 65.2 Å². The number of hydrogen-bond acceptors (Lipinski definition) is 3. The van der Waals surface area contributed by atoms with Crippen LogP contribution in [-0.2, 0) is 6.54 Å². The van der Waals surface area contributed by atoms with Crippen LogP contribution in [0.4, 0.5) is 0 Å². The van der Waals surface area contributed by atoms with Crippen molar-refractivity contribution >= 4 is 5.91 Å². The smallest absolute Gasteiger partial charge is 0.254 e. The van der Waals surface area contributed by atoms with E-state index in [1.807, 2.05) is 36.1 Å². The Kier molecular flexibility index (Phi) is 5.16. The van der Waals surface area contributed by atoms with E-state index >= 15 is 0 Å². The van der Waals surface area contributed by atoms with Crippen LogP contribution < -0.4 is 4.74 Å². The largest absolute Gasteiger partial charge is 0.496 e. The predicted octanol–water partition coefficient (Wildman–Crippen LogP) is 2.96. The van der Waals surface area contributed by atoms with Crippen LogP contribution in [0.5, 0.6) is 5.75 Å². The number of amides is 1. The Balaban J connectivity index is 1.59. The first-order valence-corrected chi connectivity index (χ1v) is 8.37. The molecule has 126 valence electrons. The molecule has 0 atom stereocenters. The summed E-state index contributed by atoms with van der Waals surface area (Å²) in [5, 5.41) is 0. The minimum absolute atomic E-state index is 0.0904. The lowest BCUT2D eigenvalue weighted by Gasteiger charge is -2.34. The van der Waals surface area contributed by atoms with Gasteiger partial charge in [-0.25, -0.2) is 0 Å². The average Bonchev–Trinajstić information content (AvgIpc) is 2.63. The van der Waals surface area contributed by atoms with E-state index < -0.39 is 0 Å². The van der Waals surface area contributed by atoms with Crippen LogP contribution in [0.15, 0.2) is 48.5 Å². The summed E-state index contributed by atoms with van der Waals surface area (Å²) < 4.78 is 5.33. The van der Waals surface area contributed by atoms with Gasteiger partial charge in [0.05, 0.1) is 7.11 Å². The molecule has 1 amide bonds. The molecule has 2 aromatic carbocycles. The predicted molar refractivity (Wildman–Crippen MR) is 95.4 cm³/mol. The monoisotopic (exact) mass is 324 g/mol. The third kappa shape index (κ3) is 3.77. The van der Waals surface area contributed by atoms with Crippen LogP contribution in [0.25, 0.3) is 0 Å². The van der Waals surface area contributed by atoms with Crippen LogP contribution in [0.2, 0.25) is 0 Å². The summed E-state index contributed by atoms with van der Waals surface area (Å²) in [5.74, 6) is 0.858. The molecule has 0 spiro atoms. The maximum absolute atomic E-state index is 12.7. The molecule has 0 bridgehead atoms. The van der Waals surface area contributed by atoms with Gasteiger partial charge >= 0.3 is 0 Å². The number of aryl methyl sites for hydroxylation is 1. The molecule has 1 saturated heterocycles. The summed E-state index contributed by atoms with van der Waals surface area (Å²) in [7, 11) is 1.64. The van der Waals surface area contributed by atoms with Crippen LogP contribution in [-0.4, -0.2) is 49.0 Å². The number of ether oxygens (including phenoxy) is 1. The fraction of sp³-hybridized carbons (Fsp3) is 0.350. The Morgan fingerprint density at radius 2 is 1.75 bits per heavy atom. The Morgan fingerprint density at radius 3 is 2.42 bits per heavy atom. The number of rotatable bonds is 4. The molecule has 1 aliphatic heterocycles. The van der Waals surface area contributed by atoms with Crippen LogP contribution in [0, 0.1) is 6.92 Å². The van der Waals surface area contributed by atoms with Crippen molar-refractivity contribution in [2.24, 2.45) is 0 Å². The normalized spacial score (nSPS) is 15.3. The number of nitrogens with zero attached hydrogens (tertiary/aromatic N) is 2. The molecule has 0 aliphatic carbocycles. The lowest BCUT2D eigenvalue weighted by atomic mass is 10.1. The molecule has 24 heavy (non-hydrogen) atoms. The summed E-state index contributed by atoms with van der Waals surface area (Å²) in [5.41, 5.74) is 3.07. The highest BCUT2D eigenvalue weighted by Crippen LogP contribution is 2.20. The molecule has 4 heteroatoms. The van der Waals surface area contributed by atoms with Crippen molar-refractivity contribution < 1.29 is 9.53 Å². The zero-order valence-electron chi connectivity index (χ0n) is 14.4. The Morgan fingerprint density at radius 1 is 1.04 bits per heavy atom. The van der Waals surface area contributed by atoms with E-state index in [2.05, 4.69) is 29.2 Å². The van der Waals surface area contributed by atoms with Gasteiger partial charge in [-0.1, -0.05) is 36.4 Å². The Bertz CT molecular complexity index is 692. The second kappa shape index (κ2) is 7.49. The number of hydrogen-bond donors (Lipinski definition) is 0. The first-order chi connectivity index (χ1) is 11.7. The summed E-state index contributed by atoms with van der Waals surface area (Å²) in [6.07, 6.45) is 0. The number of carbonyl (C=O) groups is 1. The summed E-state index contributed by atoms with van der Waals surface area (Å²) in [6.45, 7) is 6.27. The molecular formula is C20H24N2O2. The molecule has 0 radical (unpaired) electrons. The average molecular weight is 324 g/mol. The van der Waals surface area contributed by atoms with Gasteiger partial charge in [0.2, 0.25) is 0 Å². The molecule has 0 aromatic heterocycles. The lowest BCUT2D eigenvalue weighted by molar-refractivity contribution is 0.0628. The summed E-state index contributed by atoms with van der Waals surface area (Å²) in [4.78, 5) is 17.0. The zero-order valence-corrected chi connectivity index (χ0v) is 14.4. The summed E-state index contributed by atoms with van der Waals surface area (Å²) in [6, 6.07) is 16.1. The molecule has 1 aliphatic rings. The zero-order chi connectivity index (χ0) is 16.9. The Labute approximate surface area is 143 Å².